The molecular weight excluding hydrogens is 553 g/mol. The summed E-state index contributed by atoms with van der Waals surface area (Å²) in [5.74, 6) is -2.09. The molecule has 2 N–H and O–H groups in total. The summed E-state index contributed by atoms with van der Waals surface area (Å²) in [7, 11) is 0. The van der Waals surface area contributed by atoms with Gasteiger partial charge in [-0.15, -0.1) is 8.78 Å². The normalized spacial score (nSPS) is 23.3. The Morgan fingerprint density at radius 3 is 2.52 bits per heavy atom. The first-order valence-electron chi connectivity index (χ1n) is 14.3. The first-order valence-corrected chi connectivity index (χ1v) is 14.3. The van der Waals surface area contributed by atoms with Crippen LogP contribution in [0.25, 0.3) is 10.9 Å². The molecule has 2 fully saturated rings. The zero-order chi connectivity index (χ0) is 30.7. The lowest BCUT2D eigenvalue weighted by atomic mass is 9.85. The molecule has 2 aromatic rings. The highest BCUT2D eigenvalue weighted by atomic mass is 19.3. The van der Waals surface area contributed by atoms with Crippen molar-refractivity contribution in [3.63, 3.8) is 0 Å². The van der Waals surface area contributed by atoms with Gasteiger partial charge in [-0.3, -0.25) is 4.79 Å². The molecule has 42 heavy (non-hydrogen) atoms. The maximum Gasteiger partial charge on any atom is 0.585 e. The topological polar surface area (TPSA) is 91.2 Å². The molecule has 2 aliphatic heterocycles. The third-order valence-corrected chi connectivity index (χ3v) is 8.62. The van der Waals surface area contributed by atoms with E-state index in [0.29, 0.717) is 37.9 Å². The van der Waals surface area contributed by atoms with Crippen LogP contribution in [-0.4, -0.2) is 47.0 Å². The van der Waals surface area contributed by atoms with E-state index in [1.54, 1.807) is 12.1 Å². The average molecular weight is 593 g/mol. The number of fused-ring (bicyclic) bond motifs is 1. The Kier molecular flexibility index (Phi) is 7.69. The van der Waals surface area contributed by atoms with Gasteiger partial charge in [-0.05, 0) is 64.2 Å². The fourth-order valence-corrected chi connectivity index (χ4v) is 5.89. The molecule has 0 bridgehead atoms. The van der Waals surface area contributed by atoms with Crippen LogP contribution >= 0.6 is 0 Å². The zero-order valence-corrected chi connectivity index (χ0v) is 24.9. The minimum atomic E-state index is -3.71. The third-order valence-electron chi connectivity index (χ3n) is 8.62. The molecule has 1 saturated heterocycles. The largest absolute Gasteiger partial charge is 0.585 e. The van der Waals surface area contributed by atoms with Crippen LogP contribution in [-0.2, 0) is 35.7 Å². The van der Waals surface area contributed by atoms with Crippen LogP contribution in [0.1, 0.15) is 66.5 Å². The Bertz CT molecular complexity index is 1440. The van der Waals surface area contributed by atoms with Crippen LogP contribution in [0.3, 0.4) is 0 Å². The Morgan fingerprint density at radius 1 is 1.24 bits per heavy atom. The highest BCUT2D eigenvalue weighted by molar-refractivity contribution is 5.99. The fraction of sp³-hybridized carbons (Fsp3) is 0.581. The monoisotopic (exact) mass is 592 g/mol. The van der Waals surface area contributed by atoms with E-state index in [-0.39, 0.29) is 41.7 Å². The van der Waals surface area contributed by atoms with E-state index in [4.69, 9.17) is 9.47 Å². The molecule has 1 aliphatic carbocycles. The molecular formula is C31H39F3N2O6. The van der Waals surface area contributed by atoms with Crippen molar-refractivity contribution >= 4 is 22.5 Å². The van der Waals surface area contributed by atoms with Crippen LogP contribution in [0.2, 0.25) is 0 Å². The van der Waals surface area contributed by atoms with Gasteiger partial charge >= 0.3 is 6.29 Å². The number of aliphatic hydroxyl groups excluding tert-OH is 1. The van der Waals surface area contributed by atoms with Gasteiger partial charge in [0, 0.05) is 29.2 Å². The van der Waals surface area contributed by atoms with Gasteiger partial charge in [0.1, 0.15) is 17.7 Å². The maximum absolute atomic E-state index is 15.6. The number of aliphatic hydroxyl groups is 1. The van der Waals surface area contributed by atoms with Crippen LogP contribution in [0, 0.1) is 17.2 Å². The van der Waals surface area contributed by atoms with Gasteiger partial charge in [-0.1, -0.05) is 26.8 Å². The molecule has 0 radical (unpaired) electrons. The number of nitrogens with one attached hydrogen (secondary N) is 1. The quantitative estimate of drug-likeness (QED) is 0.335. The van der Waals surface area contributed by atoms with Crippen LogP contribution < -0.4 is 5.32 Å². The second kappa shape index (κ2) is 10.6. The van der Waals surface area contributed by atoms with Gasteiger partial charge in [-0.25, -0.2) is 4.39 Å². The minimum Gasteiger partial charge on any atom is -0.400 e. The molecule has 1 amide bonds. The van der Waals surface area contributed by atoms with E-state index in [9.17, 15) is 18.7 Å². The van der Waals surface area contributed by atoms with E-state index < -0.39 is 28.7 Å². The van der Waals surface area contributed by atoms with Gasteiger partial charge < -0.3 is 33.9 Å². The maximum atomic E-state index is 15.6. The molecule has 2 atom stereocenters. The molecule has 3 aliphatic rings. The Hall–Kier alpha value is -3.02. The predicted octanol–water partition coefficient (Wildman–Crippen LogP) is 6.33. The summed E-state index contributed by atoms with van der Waals surface area (Å²) in [4.78, 5) is 13.4. The molecule has 3 heterocycles. The van der Waals surface area contributed by atoms with E-state index in [1.165, 1.54) is 19.1 Å². The summed E-state index contributed by atoms with van der Waals surface area (Å²) in [5, 5.41) is 13.2. The third kappa shape index (κ3) is 5.91. The number of benzene rings is 1. The smallest absolute Gasteiger partial charge is 0.400 e. The summed E-state index contributed by atoms with van der Waals surface area (Å²) >= 11 is 0. The molecule has 1 aromatic carbocycles. The number of carbonyl (C=O) groups is 1. The number of allylic oxidation sites excluding steroid dienone is 3. The average Bonchev–Trinajstić information content (AvgIpc) is 3.44. The van der Waals surface area contributed by atoms with Crippen molar-refractivity contribution in [2.24, 2.45) is 11.3 Å². The molecule has 1 unspecified atom stereocenters. The number of amides is 1. The number of hydrogen-bond acceptors (Lipinski definition) is 6. The standard InChI is InChI=1S/C31H39F3N2O6/c1-18(7-8-25-19(2)40-31(33,34)42-25)30(9-10-30)27(38)35-23-13-20-14-26(28(3,4)11-12-37)36(24(20)15-22(23)32)16-21-17-39-29(5,6)41-21/h7-8,13-15,18,21,37H,9-12,16-17H2,1-6H3,(H,35,38)/b8-7-/t18?,21-/m1/s1. The molecule has 230 valence electrons. The van der Waals surface area contributed by atoms with Crippen molar-refractivity contribution in [2.75, 3.05) is 18.5 Å². The molecule has 1 saturated carbocycles. The predicted molar refractivity (Wildman–Crippen MR) is 150 cm³/mol. The van der Waals surface area contributed by atoms with Gasteiger partial charge in [0.2, 0.25) is 5.91 Å². The van der Waals surface area contributed by atoms with Crippen molar-refractivity contribution in [1.29, 1.82) is 0 Å². The first kappa shape index (κ1) is 30.4. The summed E-state index contributed by atoms with van der Waals surface area (Å²) in [5.41, 5.74) is 0.408. The number of nitrogens with zero attached hydrogens (tertiary/aromatic N) is 1. The summed E-state index contributed by atoms with van der Waals surface area (Å²) in [6.45, 7) is 11.8. The number of anilines is 1. The number of halogens is 3. The summed E-state index contributed by atoms with van der Waals surface area (Å²) in [6, 6.07) is 5.01. The Labute approximate surface area is 243 Å². The summed E-state index contributed by atoms with van der Waals surface area (Å²) < 4.78 is 65.0. The molecule has 5 rings (SSSR count). The number of alkyl halides is 2. The van der Waals surface area contributed by atoms with E-state index in [1.807, 2.05) is 45.3 Å². The van der Waals surface area contributed by atoms with E-state index >= 15 is 4.39 Å². The lowest BCUT2D eigenvalue weighted by Gasteiger charge is -2.27. The first-order chi connectivity index (χ1) is 19.6. The highest BCUT2D eigenvalue weighted by Crippen LogP contribution is 2.53. The number of ether oxygens (including phenoxy) is 4. The SMILES string of the molecule is CC1=C(/C=C\C(C)C2(C(=O)Nc3cc4cc(C(C)(C)CCO)n(C[C@@H]5COC(C)(C)O5)c4cc3F)CC2)OC(F)(F)O1. The van der Waals surface area contributed by atoms with E-state index in [0.717, 1.165) is 11.1 Å². The van der Waals surface area contributed by atoms with Crippen molar-refractivity contribution in [1.82, 2.24) is 4.57 Å². The van der Waals surface area contributed by atoms with Crippen molar-refractivity contribution in [2.45, 2.75) is 91.0 Å². The Balaban J connectivity index is 1.39. The van der Waals surface area contributed by atoms with Crippen LogP contribution in [0.4, 0.5) is 18.9 Å². The second-order valence-corrected chi connectivity index (χ2v) is 12.7. The fourth-order valence-electron chi connectivity index (χ4n) is 5.89. The van der Waals surface area contributed by atoms with Crippen molar-refractivity contribution in [3.05, 3.63) is 53.4 Å². The highest BCUT2D eigenvalue weighted by Gasteiger charge is 2.53. The van der Waals surface area contributed by atoms with Gasteiger partial charge in [0.05, 0.1) is 29.8 Å². The number of carbonyl (C=O) groups excluding carboxylic acids is 1. The molecule has 0 spiro atoms. The van der Waals surface area contributed by atoms with Gasteiger partial charge in [0.15, 0.2) is 11.5 Å². The van der Waals surface area contributed by atoms with E-state index in [2.05, 4.69) is 14.8 Å². The molecule has 11 heteroatoms. The lowest BCUT2D eigenvalue weighted by Crippen LogP contribution is -2.29. The molecule has 8 nitrogen and oxygen atoms in total. The zero-order valence-electron chi connectivity index (χ0n) is 24.9. The Morgan fingerprint density at radius 2 is 1.95 bits per heavy atom. The van der Waals surface area contributed by atoms with Crippen molar-refractivity contribution in [3.8, 4) is 0 Å². The summed E-state index contributed by atoms with van der Waals surface area (Å²) in [6.07, 6.45) is 0.740. The number of rotatable bonds is 10. The lowest BCUT2D eigenvalue weighted by molar-refractivity contribution is -0.336. The number of hydrogen-bond donors (Lipinski definition) is 2. The van der Waals surface area contributed by atoms with Crippen LogP contribution in [0.15, 0.2) is 41.9 Å². The van der Waals surface area contributed by atoms with Gasteiger partial charge in [0.25, 0.3) is 0 Å². The van der Waals surface area contributed by atoms with Crippen molar-refractivity contribution < 1.29 is 42.0 Å². The number of aromatic nitrogens is 1. The second-order valence-electron chi connectivity index (χ2n) is 12.7. The van der Waals surface area contributed by atoms with Crippen LogP contribution in [0.5, 0.6) is 0 Å². The van der Waals surface area contributed by atoms with Gasteiger partial charge in [-0.2, -0.15) is 0 Å². The minimum absolute atomic E-state index is 0.00654. The molecule has 1 aromatic heterocycles.